The fourth-order valence-electron chi connectivity index (χ4n) is 3.25. The van der Waals surface area contributed by atoms with Gasteiger partial charge in [-0.25, -0.2) is 0 Å². The number of fused-ring (bicyclic) bond motifs is 1. The number of amides is 1. The average Bonchev–Trinajstić information content (AvgIpc) is 3.32. The van der Waals surface area contributed by atoms with Crippen molar-refractivity contribution in [2.75, 3.05) is 0 Å². The topological polar surface area (TPSA) is 110 Å². The van der Waals surface area contributed by atoms with Gasteiger partial charge in [0.1, 0.15) is 34.4 Å². The Bertz CT molecular complexity index is 1460. The second kappa shape index (κ2) is 9.24. The molecule has 33 heavy (non-hydrogen) atoms. The molecule has 0 aliphatic rings. The number of aryl methyl sites for hydroxylation is 2. The van der Waals surface area contributed by atoms with Crippen LogP contribution in [0, 0.1) is 25.2 Å². The quantitative estimate of drug-likeness (QED) is 0.359. The van der Waals surface area contributed by atoms with Crippen molar-refractivity contribution in [3.05, 3.63) is 99.4 Å². The lowest BCUT2D eigenvalue weighted by Gasteiger charge is -2.12. The van der Waals surface area contributed by atoms with Gasteiger partial charge in [0.25, 0.3) is 11.5 Å². The molecule has 0 bridgehead atoms. The summed E-state index contributed by atoms with van der Waals surface area (Å²) in [4.78, 5) is 30.5. The molecule has 1 N–H and O–H groups in total. The van der Waals surface area contributed by atoms with Crippen LogP contribution < -0.4 is 15.6 Å². The molecule has 1 aromatic carbocycles. The monoisotopic (exact) mass is 440 g/mol. The van der Waals surface area contributed by atoms with Crippen molar-refractivity contribution in [3.8, 4) is 17.7 Å². The number of hydrogen-bond donors (Lipinski definition) is 1. The van der Waals surface area contributed by atoms with Gasteiger partial charge in [0.15, 0.2) is 0 Å². The summed E-state index contributed by atoms with van der Waals surface area (Å²) < 4.78 is 12.5. The van der Waals surface area contributed by atoms with E-state index in [-0.39, 0.29) is 23.6 Å². The molecule has 0 saturated heterocycles. The van der Waals surface area contributed by atoms with E-state index in [1.165, 1.54) is 16.7 Å². The van der Waals surface area contributed by atoms with Gasteiger partial charge >= 0.3 is 0 Å². The summed E-state index contributed by atoms with van der Waals surface area (Å²) in [6, 6.07) is 16.1. The predicted molar refractivity (Wildman–Crippen MR) is 122 cm³/mol. The minimum atomic E-state index is -0.649. The maximum Gasteiger partial charge on any atom is 0.269 e. The Morgan fingerprint density at radius 2 is 2.09 bits per heavy atom. The molecule has 4 rings (SSSR count). The van der Waals surface area contributed by atoms with Gasteiger partial charge in [0.2, 0.25) is 5.88 Å². The van der Waals surface area contributed by atoms with Crippen molar-refractivity contribution in [2.24, 2.45) is 0 Å². The third kappa shape index (κ3) is 4.67. The van der Waals surface area contributed by atoms with E-state index in [0.717, 1.165) is 11.1 Å². The number of rotatable bonds is 6. The first-order valence-electron chi connectivity index (χ1n) is 10.1. The van der Waals surface area contributed by atoms with E-state index in [9.17, 15) is 14.9 Å². The van der Waals surface area contributed by atoms with Gasteiger partial charge in [0.05, 0.1) is 12.8 Å². The van der Waals surface area contributed by atoms with Gasteiger partial charge < -0.3 is 14.5 Å². The summed E-state index contributed by atoms with van der Waals surface area (Å²) in [5.74, 6) is 0.373. The zero-order valence-electron chi connectivity index (χ0n) is 18.0. The highest BCUT2D eigenvalue weighted by molar-refractivity contribution is 6.01. The van der Waals surface area contributed by atoms with Crippen molar-refractivity contribution < 1.29 is 13.9 Å². The number of nitriles is 1. The van der Waals surface area contributed by atoms with Crippen LogP contribution in [-0.2, 0) is 11.3 Å². The number of hydrogen-bond acceptors (Lipinski definition) is 6. The van der Waals surface area contributed by atoms with Gasteiger partial charge in [-0.2, -0.15) is 10.2 Å². The first-order chi connectivity index (χ1) is 16.0. The number of nitrogens with zero attached hydrogens (tertiary/aromatic N) is 3. The van der Waals surface area contributed by atoms with E-state index in [2.05, 4.69) is 10.3 Å². The fourth-order valence-corrected chi connectivity index (χ4v) is 3.25. The first kappa shape index (κ1) is 21.6. The lowest BCUT2D eigenvalue weighted by molar-refractivity contribution is -0.117. The number of ether oxygens (including phenoxy) is 1. The minimum absolute atomic E-state index is 0.00600. The maximum absolute atomic E-state index is 13.3. The van der Waals surface area contributed by atoms with E-state index < -0.39 is 11.5 Å². The van der Waals surface area contributed by atoms with Crippen LogP contribution >= 0.6 is 0 Å². The highest BCUT2D eigenvalue weighted by Gasteiger charge is 2.18. The Morgan fingerprint density at radius 1 is 1.24 bits per heavy atom. The molecule has 8 nitrogen and oxygen atoms in total. The Morgan fingerprint density at radius 3 is 2.82 bits per heavy atom. The molecule has 0 aliphatic carbocycles. The normalized spacial score (nSPS) is 11.2. The maximum atomic E-state index is 13.3. The van der Waals surface area contributed by atoms with E-state index in [4.69, 9.17) is 9.15 Å². The summed E-state index contributed by atoms with van der Waals surface area (Å²) in [6.07, 6.45) is 4.27. The number of nitrogens with one attached hydrogen (secondary N) is 1. The van der Waals surface area contributed by atoms with E-state index in [1.807, 2.05) is 38.1 Å². The lowest BCUT2D eigenvalue weighted by atomic mass is 10.1. The molecule has 0 atom stereocenters. The Labute approximate surface area is 189 Å². The number of carbonyl (C=O) groups is 1. The van der Waals surface area contributed by atoms with Crippen LogP contribution in [-0.4, -0.2) is 15.3 Å². The number of carbonyl (C=O) groups excluding carboxylic acids is 1. The molecule has 0 unspecified atom stereocenters. The first-order valence-corrected chi connectivity index (χ1v) is 10.1. The molecule has 0 spiro atoms. The van der Waals surface area contributed by atoms with Crippen molar-refractivity contribution in [3.63, 3.8) is 0 Å². The Kier molecular flexibility index (Phi) is 6.04. The van der Waals surface area contributed by atoms with Crippen LogP contribution in [0.25, 0.3) is 11.7 Å². The van der Waals surface area contributed by atoms with Gasteiger partial charge in [0, 0.05) is 6.20 Å². The molecule has 0 fully saturated rings. The Hall–Kier alpha value is -4.64. The van der Waals surface area contributed by atoms with Crippen LogP contribution in [0.5, 0.6) is 11.6 Å². The zero-order valence-corrected chi connectivity index (χ0v) is 18.0. The molecular weight excluding hydrogens is 420 g/mol. The Balaban J connectivity index is 1.80. The van der Waals surface area contributed by atoms with Crippen LogP contribution in [0.15, 0.2) is 75.8 Å². The van der Waals surface area contributed by atoms with Crippen LogP contribution in [0.4, 0.5) is 0 Å². The molecule has 8 heteroatoms. The zero-order chi connectivity index (χ0) is 23.4. The summed E-state index contributed by atoms with van der Waals surface area (Å²) in [7, 11) is 0. The molecule has 3 aromatic heterocycles. The average molecular weight is 440 g/mol. The summed E-state index contributed by atoms with van der Waals surface area (Å²) in [5, 5.41) is 12.2. The third-order valence-corrected chi connectivity index (χ3v) is 4.91. The van der Waals surface area contributed by atoms with Gasteiger partial charge in [-0.05, 0) is 61.4 Å². The number of pyridine rings is 1. The van der Waals surface area contributed by atoms with E-state index in [1.54, 1.807) is 36.5 Å². The largest absolute Gasteiger partial charge is 0.467 e. The highest BCUT2D eigenvalue weighted by Crippen LogP contribution is 2.25. The third-order valence-electron chi connectivity index (χ3n) is 4.91. The minimum Gasteiger partial charge on any atom is -0.467 e. The molecule has 4 aromatic rings. The molecule has 3 heterocycles. The number of aromatic nitrogens is 2. The predicted octanol–water partition coefficient (Wildman–Crippen LogP) is 3.92. The van der Waals surface area contributed by atoms with Crippen molar-refractivity contribution in [1.29, 1.82) is 5.26 Å². The highest BCUT2D eigenvalue weighted by atomic mass is 16.5. The molecule has 0 radical (unpaired) electrons. The number of benzene rings is 1. The van der Waals surface area contributed by atoms with Crippen molar-refractivity contribution in [2.45, 2.75) is 20.4 Å². The van der Waals surface area contributed by atoms with Gasteiger partial charge in [-0.15, -0.1) is 0 Å². The summed E-state index contributed by atoms with van der Waals surface area (Å²) in [5.41, 5.74) is 1.43. The fraction of sp³-hybridized carbons (Fsp3) is 0.120. The molecule has 164 valence electrons. The SMILES string of the molecule is Cc1cccc(Oc2nc3c(C)cccn3c(=O)c2C=C(C#N)C(=O)NCc2ccco2)c1. The standard InChI is InChI=1S/C25H20N4O4/c1-16-6-3-8-19(12-16)33-24-21(25(31)29-10-4-7-17(2)22(29)28-24)13-18(14-26)23(30)27-15-20-9-5-11-32-20/h3-13H,15H2,1-2H3,(H,27,30). The second-order valence-electron chi connectivity index (χ2n) is 7.37. The van der Waals surface area contributed by atoms with Crippen molar-refractivity contribution >= 4 is 17.6 Å². The van der Waals surface area contributed by atoms with Crippen LogP contribution in [0.2, 0.25) is 0 Å². The lowest BCUT2D eigenvalue weighted by Crippen LogP contribution is -2.25. The smallest absolute Gasteiger partial charge is 0.269 e. The summed E-state index contributed by atoms with van der Waals surface area (Å²) in [6.45, 7) is 3.85. The van der Waals surface area contributed by atoms with Gasteiger partial charge in [-0.3, -0.25) is 14.0 Å². The number of furan rings is 1. The molecule has 0 aliphatic heterocycles. The summed E-state index contributed by atoms with van der Waals surface area (Å²) >= 11 is 0. The van der Waals surface area contributed by atoms with E-state index >= 15 is 0 Å². The van der Waals surface area contributed by atoms with E-state index in [0.29, 0.717) is 17.2 Å². The van der Waals surface area contributed by atoms with Gasteiger partial charge in [-0.1, -0.05) is 18.2 Å². The molecule has 1 amide bonds. The molecule has 0 saturated carbocycles. The van der Waals surface area contributed by atoms with Crippen molar-refractivity contribution in [1.82, 2.24) is 14.7 Å². The van der Waals surface area contributed by atoms with Crippen LogP contribution in [0.1, 0.15) is 22.5 Å². The molecular formula is C25H20N4O4. The van der Waals surface area contributed by atoms with Crippen LogP contribution in [0.3, 0.4) is 0 Å². The second-order valence-corrected chi connectivity index (χ2v) is 7.37.